The first-order valence-electron chi connectivity index (χ1n) is 11.0. The summed E-state index contributed by atoms with van der Waals surface area (Å²) < 4.78 is 5.18. The molecule has 0 aliphatic carbocycles. The molecule has 0 aromatic heterocycles. The fourth-order valence-electron chi connectivity index (χ4n) is 4.26. The summed E-state index contributed by atoms with van der Waals surface area (Å²) in [4.78, 5) is 33.0. The van der Waals surface area contributed by atoms with Crippen molar-refractivity contribution in [1.29, 1.82) is 0 Å². The molecule has 2 saturated heterocycles. The van der Waals surface area contributed by atoms with Gasteiger partial charge in [-0.1, -0.05) is 29.4 Å². The summed E-state index contributed by atoms with van der Waals surface area (Å²) in [5.74, 6) is -0.500. The van der Waals surface area contributed by atoms with E-state index in [4.69, 9.17) is 9.57 Å². The average molecular weight is 452 g/mol. The molecule has 2 N–H and O–H groups in total. The monoisotopic (exact) mass is 451 g/mol. The number of hydrogen-bond donors (Lipinski definition) is 2. The highest BCUT2D eigenvalue weighted by Crippen LogP contribution is 2.30. The third-order valence-electron chi connectivity index (χ3n) is 6.34. The number of nitrogens with one attached hydrogen (secondary N) is 1. The fourth-order valence-corrected chi connectivity index (χ4v) is 4.26. The largest absolute Gasteiger partial charge is 0.399 e. The number of benzene rings is 2. The Morgan fingerprint density at radius 2 is 2.00 bits per heavy atom. The molecule has 0 radical (unpaired) electrons. The van der Waals surface area contributed by atoms with E-state index in [1.807, 2.05) is 38.1 Å². The van der Waals surface area contributed by atoms with Crippen LogP contribution in [0.25, 0.3) is 11.1 Å². The van der Waals surface area contributed by atoms with Gasteiger partial charge in [-0.3, -0.25) is 9.59 Å². The van der Waals surface area contributed by atoms with Crippen molar-refractivity contribution in [2.24, 2.45) is 5.16 Å². The number of carbonyl (C=O) groups is 2. The van der Waals surface area contributed by atoms with E-state index in [0.29, 0.717) is 36.5 Å². The Hall–Kier alpha value is -3.23. The number of carbonyl (C=O) groups excluding carboxylic acids is 2. The van der Waals surface area contributed by atoms with Gasteiger partial charge in [0.2, 0.25) is 0 Å². The van der Waals surface area contributed by atoms with Crippen molar-refractivity contribution in [2.45, 2.75) is 32.4 Å². The molecule has 174 valence electrons. The zero-order valence-electron chi connectivity index (χ0n) is 19.1. The summed E-state index contributed by atoms with van der Waals surface area (Å²) in [5.41, 5.74) is 5.44. The van der Waals surface area contributed by atoms with Gasteiger partial charge in [-0.2, -0.15) is 0 Å². The van der Waals surface area contributed by atoms with Crippen LogP contribution in [-0.4, -0.2) is 73.1 Å². The Kier molecular flexibility index (Phi) is 6.76. The minimum atomic E-state index is -0.380. The highest BCUT2D eigenvalue weighted by molar-refractivity contribution is 6.06. The van der Waals surface area contributed by atoms with E-state index in [2.05, 4.69) is 10.5 Å². The number of ether oxygens (including phenoxy) is 1. The molecule has 8 heteroatoms. The molecule has 2 aliphatic rings. The second-order valence-electron chi connectivity index (χ2n) is 8.53. The van der Waals surface area contributed by atoms with E-state index in [1.165, 1.54) is 7.11 Å². The Morgan fingerprint density at radius 1 is 1.21 bits per heavy atom. The van der Waals surface area contributed by atoms with Gasteiger partial charge in [0.1, 0.15) is 7.11 Å². The molecule has 0 saturated carbocycles. The van der Waals surface area contributed by atoms with Gasteiger partial charge in [-0.05, 0) is 48.2 Å². The number of rotatable bonds is 6. The molecule has 8 nitrogen and oxygen atoms in total. The van der Waals surface area contributed by atoms with E-state index in [0.717, 1.165) is 22.3 Å². The summed E-state index contributed by atoms with van der Waals surface area (Å²) in [6.45, 7) is 5.12. The third-order valence-corrected chi connectivity index (χ3v) is 6.34. The molecule has 2 heterocycles. The predicted molar refractivity (Wildman–Crippen MR) is 124 cm³/mol. The van der Waals surface area contributed by atoms with Gasteiger partial charge in [0.05, 0.1) is 44.2 Å². The van der Waals surface area contributed by atoms with Crippen molar-refractivity contribution in [3.8, 4) is 11.1 Å². The van der Waals surface area contributed by atoms with Crippen LogP contribution >= 0.6 is 0 Å². The molecule has 33 heavy (non-hydrogen) atoms. The van der Waals surface area contributed by atoms with Gasteiger partial charge in [0.25, 0.3) is 11.8 Å². The van der Waals surface area contributed by atoms with Crippen LogP contribution in [0.5, 0.6) is 0 Å². The normalized spacial score (nSPS) is 19.5. The molecule has 2 amide bonds. The number of aliphatic hydroxyl groups excluding tert-OH is 1. The maximum atomic E-state index is 13.4. The van der Waals surface area contributed by atoms with E-state index < -0.39 is 0 Å². The predicted octanol–water partition coefficient (Wildman–Crippen LogP) is 2.31. The number of likely N-dealkylation sites (tertiary alicyclic amines) is 1. The number of oxime groups is 1. The van der Waals surface area contributed by atoms with Gasteiger partial charge in [-0.25, -0.2) is 0 Å². The second kappa shape index (κ2) is 9.72. The van der Waals surface area contributed by atoms with Gasteiger partial charge in [0.15, 0.2) is 0 Å². The van der Waals surface area contributed by atoms with E-state index in [-0.39, 0.29) is 37.0 Å². The van der Waals surface area contributed by atoms with E-state index >= 15 is 0 Å². The summed E-state index contributed by atoms with van der Waals surface area (Å²) in [7, 11) is 1.45. The van der Waals surface area contributed by atoms with Crippen LogP contribution < -0.4 is 5.32 Å². The smallest absolute Gasteiger partial charge is 0.254 e. The van der Waals surface area contributed by atoms with Crippen LogP contribution in [0.1, 0.15) is 38.3 Å². The molecule has 2 aromatic rings. The Labute approximate surface area is 193 Å². The SMILES string of the molecule is CO/N=C1/C[C@@H](CO)N(C(=O)c2ccc(-c3cccc(C)c3C)c(C(=O)NC3COC3)c2)C1. The highest BCUT2D eigenvalue weighted by Gasteiger charge is 2.34. The number of hydrogen-bond acceptors (Lipinski definition) is 6. The summed E-state index contributed by atoms with van der Waals surface area (Å²) in [6, 6.07) is 10.8. The van der Waals surface area contributed by atoms with Crippen LogP contribution in [0.4, 0.5) is 0 Å². The van der Waals surface area contributed by atoms with E-state index in [1.54, 1.807) is 17.0 Å². The van der Waals surface area contributed by atoms with Crippen molar-refractivity contribution >= 4 is 17.5 Å². The topological polar surface area (TPSA) is 100 Å². The second-order valence-corrected chi connectivity index (χ2v) is 8.53. The molecule has 2 aromatic carbocycles. The van der Waals surface area contributed by atoms with Crippen molar-refractivity contribution in [1.82, 2.24) is 10.2 Å². The summed E-state index contributed by atoms with van der Waals surface area (Å²) >= 11 is 0. The fraction of sp³-hybridized carbons (Fsp3) is 0.400. The minimum absolute atomic E-state index is 0.0338. The van der Waals surface area contributed by atoms with Gasteiger partial charge in [0, 0.05) is 17.5 Å². The molecule has 4 rings (SSSR count). The standard InChI is InChI=1S/C25H29N3O5/c1-15-5-4-6-21(16(15)2)22-8-7-17(9-23(22)24(30)26-19-13-33-14-19)25(31)28-11-18(27-32-3)10-20(28)12-29/h4-9,19-20,29H,10-14H2,1-3H3,(H,26,30)/b27-18-/t20-/m0/s1. The average Bonchev–Trinajstić information content (AvgIpc) is 3.20. The molecule has 2 aliphatic heterocycles. The zero-order chi connectivity index (χ0) is 23.5. The third kappa shape index (κ3) is 4.62. The van der Waals surface area contributed by atoms with E-state index in [9.17, 15) is 14.7 Å². The van der Waals surface area contributed by atoms with Crippen molar-refractivity contribution in [2.75, 3.05) is 33.5 Å². The maximum Gasteiger partial charge on any atom is 0.254 e. The zero-order valence-corrected chi connectivity index (χ0v) is 19.1. The minimum Gasteiger partial charge on any atom is -0.399 e. The lowest BCUT2D eigenvalue weighted by Crippen LogP contribution is -2.48. The lowest BCUT2D eigenvalue weighted by atomic mass is 9.91. The van der Waals surface area contributed by atoms with Crippen molar-refractivity contribution < 1.29 is 24.3 Å². The molecule has 0 unspecified atom stereocenters. The lowest BCUT2D eigenvalue weighted by molar-refractivity contribution is -0.00345. The van der Waals surface area contributed by atoms with Gasteiger partial charge >= 0.3 is 0 Å². The first kappa shape index (κ1) is 22.9. The van der Waals surface area contributed by atoms with Gasteiger partial charge in [-0.15, -0.1) is 0 Å². The quantitative estimate of drug-likeness (QED) is 0.657. The molecule has 0 bridgehead atoms. The van der Waals surface area contributed by atoms with Crippen LogP contribution in [0, 0.1) is 13.8 Å². The number of aliphatic hydroxyl groups is 1. The Morgan fingerprint density at radius 3 is 2.67 bits per heavy atom. The molecular weight excluding hydrogens is 422 g/mol. The van der Waals surface area contributed by atoms with Crippen LogP contribution in [0.2, 0.25) is 0 Å². The Balaban J connectivity index is 1.72. The number of aryl methyl sites for hydroxylation is 1. The number of nitrogens with zero attached hydrogens (tertiary/aromatic N) is 2. The van der Waals surface area contributed by atoms with Crippen LogP contribution in [-0.2, 0) is 9.57 Å². The number of amides is 2. The lowest BCUT2D eigenvalue weighted by Gasteiger charge is -2.27. The van der Waals surface area contributed by atoms with Crippen LogP contribution in [0.15, 0.2) is 41.6 Å². The summed E-state index contributed by atoms with van der Waals surface area (Å²) in [5, 5.41) is 16.7. The molecule has 1 atom stereocenters. The van der Waals surface area contributed by atoms with Crippen LogP contribution in [0.3, 0.4) is 0 Å². The first-order valence-corrected chi connectivity index (χ1v) is 11.0. The molecule has 0 spiro atoms. The Bertz CT molecular complexity index is 1090. The molecule has 2 fully saturated rings. The van der Waals surface area contributed by atoms with Crippen molar-refractivity contribution in [3.05, 3.63) is 58.7 Å². The maximum absolute atomic E-state index is 13.4. The van der Waals surface area contributed by atoms with Gasteiger partial charge < -0.3 is 24.9 Å². The highest BCUT2D eigenvalue weighted by atomic mass is 16.6. The first-order chi connectivity index (χ1) is 15.9. The van der Waals surface area contributed by atoms with Crippen molar-refractivity contribution in [3.63, 3.8) is 0 Å². The summed E-state index contributed by atoms with van der Waals surface area (Å²) in [6.07, 6.45) is 0.450. The molecular formula is C25H29N3O5.